The summed E-state index contributed by atoms with van der Waals surface area (Å²) in [5.41, 5.74) is 0.183. The second-order valence-electron chi connectivity index (χ2n) is 12.3. The van der Waals surface area contributed by atoms with Gasteiger partial charge in [-0.2, -0.15) is 0 Å². The Morgan fingerprint density at radius 3 is 2.49 bits per heavy atom. The quantitative estimate of drug-likeness (QED) is 0.172. The Kier molecular flexibility index (Phi) is 9.58. The molecule has 9 nitrogen and oxygen atoms in total. The summed E-state index contributed by atoms with van der Waals surface area (Å²) < 4.78 is 27.4. The van der Waals surface area contributed by atoms with Crippen LogP contribution in [0.2, 0.25) is 0 Å². The number of rotatable bonds is 11. The maximum atomic E-state index is 14.2. The fraction of sp³-hybridized carbons (Fsp3) is 0.545. The smallest absolute Gasteiger partial charge is 0.332 e. The van der Waals surface area contributed by atoms with Gasteiger partial charge in [-0.05, 0) is 71.4 Å². The van der Waals surface area contributed by atoms with Crippen molar-refractivity contribution >= 4 is 21.6 Å². The van der Waals surface area contributed by atoms with E-state index < -0.39 is 11.6 Å². The van der Waals surface area contributed by atoms with Crippen molar-refractivity contribution in [3.63, 3.8) is 0 Å². The molecule has 3 heterocycles. The normalized spacial score (nSPS) is 18.3. The summed E-state index contributed by atoms with van der Waals surface area (Å²) >= 11 is 1.35. The van der Waals surface area contributed by atoms with Crippen LogP contribution >= 0.6 is 11.3 Å². The molecule has 1 aliphatic rings. The minimum absolute atomic E-state index is 0.00797. The summed E-state index contributed by atoms with van der Waals surface area (Å²) in [5, 5.41) is 0.497. The molecule has 0 unspecified atom stereocenters. The van der Waals surface area contributed by atoms with Crippen molar-refractivity contribution < 1.29 is 18.6 Å². The molecule has 0 radical (unpaired) electrons. The number of ether oxygens (including phenoxy) is 3. The zero-order valence-corrected chi connectivity index (χ0v) is 26.9. The third-order valence-corrected chi connectivity index (χ3v) is 9.48. The van der Waals surface area contributed by atoms with Crippen LogP contribution in [0.25, 0.3) is 21.0 Å². The molecule has 10 heteroatoms. The van der Waals surface area contributed by atoms with Crippen molar-refractivity contribution in [2.45, 2.75) is 104 Å². The van der Waals surface area contributed by atoms with Crippen molar-refractivity contribution in [1.29, 1.82) is 0 Å². The van der Waals surface area contributed by atoms with Gasteiger partial charge in [0.1, 0.15) is 22.9 Å². The van der Waals surface area contributed by atoms with Crippen LogP contribution in [0.3, 0.4) is 0 Å². The summed E-state index contributed by atoms with van der Waals surface area (Å²) in [7, 11) is 1.64. The lowest BCUT2D eigenvalue weighted by Gasteiger charge is -2.32. The Balaban J connectivity index is 1.58. The molecule has 232 valence electrons. The molecule has 0 amide bonds. The van der Waals surface area contributed by atoms with Gasteiger partial charge in [0.2, 0.25) is 5.89 Å². The van der Waals surface area contributed by atoms with E-state index in [-0.39, 0.29) is 30.0 Å². The predicted octanol–water partition coefficient (Wildman–Crippen LogP) is 6.84. The number of hydrogen-bond acceptors (Lipinski definition) is 8. The molecule has 0 spiro atoms. The van der Waals surface area contributed by atoms with Crippen LogP contribution in [-0.4, -0.2) is 40.0 Å². The van der Waals surface area contributed by atoms with Crippen LogP contribution in [0.1, 0.15) is 83.5 Å². The van der Waals surface area contributed by atoms with Crippen LogP contribution < -0.4 is 16.0 Å². The van der Waals surface area contributed by atoms with E-state index in [0.29, 0.717) is 21.9 Å². The van der Waals surface area contributed by atoms with Crippen molar-refractivity contribution in [2.75, 3.05) is 13.7 Å². The van der Waals surface area contributed by atoms with Crippen molar-refractivity contribution in [1.82, 2.24) is 14.1 Å². The van der Waals surface area contributed by atoms with Crippen molar-refractivity contribution in [3.8, 4) is 16.5 Å². The maximum absolute atomic E-state index is 14.2. The van der Waals surface area contributed by atoms with Crippen LogP contribution in [0.5, 0.6) is 5.75 Å². The first-order valence-electron chi connectivity index (χ1n) is 15.2. The first kappa shape index (κ1) is 31.2. The number of oxazole rings is 1. The highest BCUT2D eigenvalue weighted by Gasteiger charge is 2.31. The number of aryl methyl sites for hydroxylation is 1. The summed E-state index contributed by atoms with van der Waals surface area (Å²) in [6.07, 6.45) is 8.70. The Labute approximate surface area is 256 Å². The third kappa shape index (κ3) is 6.51. The molecular weight excluding hydrogens is 566 g/mol. The number of fused-ring (bicyclic) bond motifs is 1. The Morgan fingerprint density at radius 1 is 1.12 bits per heavy atom. The zero-order valence-electron chi connectivity index (χ0n) is 26.1. The fourth-order valence-corrected chi connectivity index (χ4v) is 7.16. The van der Waals surface area contributed by atoms with Gasteiger partial charge in [0.25, 0.3) is 5.56 Å². The molecule has 0 aliphatic heterocycles. The lowest BCUT2D eigenvalue weighted by atomic mass is 9.94. The second-order valence-corrected chi connectivity index (χ2v) is 13.3. The van der Waals surface area contributed by atoms with Gasteiger partial charge in [0.05, 0.1) is 42.3 Å². The first-order valence-corrected chi connectivity index (χ1v) is 16.0. The summed E-state index contributed by atoms with van der Waals surface area (Å²) in [6, 6.07) is 7.78. The number of thiophene rings is 1. The molecule has 5 rings (SSSR count). The van der Waals surface area contributed by atoms with E-state index in [1.54, 1.807) is 17.9 Å². The minimum Gasteiger partial charge on any atom is -0.496 e. The Morgan fingerprint density at radius 2 is 1.84 bits per heavy atom. The van der Waals surface area contributed by atoms with Crippen molar-refractivity contribution in [2.24, 2.45) is 0 Å². The van der Waals surface area contributed by atoms with E-state index in [9.17, 15) is 9.59 Å². The molecular formula is C33H43N3O6S. The van der Waals surface area contributed by atoms with Crippen LogP contribution in [-0.2, 0) is 21.6 Å². The van der Waals surface area contributed by atoms with Crippen LogP contribution in [0.4, 0.5) is 0 Å². The molecule has 0 saturated heterocycles. The standard InChI is InChI=1S/C33H43N3O6S/c1-7-8-18-40-22-13-15-23(16-14-22)42-26(24-11-9-10-12-25(24)39-6)20-35-31-27(30(37)36(32(35)38)33(3,4)5)21(2)28(43-31)29-34-17-19-41-29/h9-12,17,19,22-23,26H,7-8,13-16,18,20H2,1-6H3/t22?,23?,26-/m0/s1. The van der Waals surface area contributed by atoms with E-state index in [4.69, 9.17) is 18.6 Å². The highest BCUT2D eigenvalue weighted by atomic mass is 32.1. The SMILES string of the molecule is CCCCOC1CCC(O[C@@H](Cn2c(=O)n(C(C)(C)C)c(=O)c3c(C)c(-c4ncco4)sc32)c2ccccc2OC)CC1. The molecule has 0 N–H and O–H groups in total. The Hall–Kier alpha value is -3.21. The van der Waals surface area contributed by atoms with Gasteiger partial charge in [-0.1, -0.05) is 31.5 Å². The number of unbranched alkanes of at least 4 members (excludes halogenated alkanes) is 1. The van der Waals surface area contributed by atoms with E-state index in [1.807, 2.05) is 52.0 Å². The first-order chi connectivity index (χ1) is 20.6. The average Bonchev–Trinajstić information content (AvgIpc) is 3.63. The third-order valence-electron chi connectivity index (χ3n) is 8.17. The Bertz CT molecular complexity index is 1640. The van der Waals surface area contributed by atoms with Crippen molar-refractivity contribution in [3.05, 3.63) is 68.7 Å². The van der Waals surface area contributed by atoms with E-state index in [2.05, 4.69) is 11.9 Å². The number of para-hydroxylation sites is 1. The number of nitrogens with zero attached hydrogens (tertiary/aromatic N) is 3. The van der Waals surface area contributed by atoms with E-state index in [1.165, 1.54) is 22.2 Å². The topological polar surface area (TPSA) is 97.7 Å². The average molecular weight is 610 g/mol. The number of benzene rings is 1. The molecule has 1 saturated carbocycles. The van der Waals surface area contributed by atoms with Gasteiger partial charge in [-0.3, -0.25) is 13.9 Å². The molecule has 1 atom stereocenters. The molecule has 1 fully saturated rings. The highest BCUT2D eigenvalue weighted by molar-refractivity contribution is 7.22. The number of methoxy groups -OCH3 is 1. The number of aromatic nitrogens is 3. The molecule has 1 aromatic carbocycles. The maximum Gasteiger partial charge on any atom is 0.332 e. The molecule has 43 heavy (non-hydrogen) atoms. The minimum atomic E-state index is -0.738. The summed E-state index contributed by atoms with van der Waals surface area (Å²) in [4.78, 5) is 33.8. The predicted molar refractivity (Wildman–Crippen MR) is 169 cm³/mol. The lowest BCUT2D eigenvalue weighted by Crippen LogP contribution is -2.48. The largest absolute Gasteiger partial charge is 0.496 e. The lowest BCUT2D eigenvalue weighted by molar-refractivity contribution is -0.0690. The summed E-state index contributed by atoms with van der Waals surface area (Å²) in [5.74, 6) is 1.12. The summed E-state index contributed by atoms with van der Waals surface area (Å²) in [6.45, 7) is 10.7. The van der Waals surface area contributed by atoms with E-state index >= 15 is 0 Å². The van der Waals surface area contributed by atoms with Gasteiger partial charge >= 0.3 is 5.69 Å². The van der Waals surface area contributed by atoms with Gasteiger partial charge < -0.3 is 18.6 Å². The zero-order chi connectivity index (χ0) is 30.7. The number of hydrogen-bond donors (Lipinski definition) is 0. The highest BCUT2D eigenvalue weighted by Crippen LogP contribution is 2.38. The van der Waals surface area contributed by atoms with Crippen LogP contribution in [0, 0.1) is 6.92 Å². The molecule has 4 aromatic rings. The van der Waals surface area contributed by atoms with Gasteiger partial charge in [-0.25, -0.2) is 9.78 Å². The fourth-order valence-electron chi connectivity index (χ4n) is 5.91. The van der Waals surface area contributed by atoms with Gasteiger partial charge in [0.15, 0.2) is 0 Å². The van der Waals surface area contributed by atoms with Crippen LogP contribution in [0.15, 0.2) is 50.7 Å². The second kappa shape index (κ2) is 13.2. The van der Waals surface area contributed by atoms with Gasteiger partial charge in [-0.15, -0.1) is 11.3 Å². The molecule has 1 aliphatic carbocycles. The monoisotopic (exact) mass is 609 g/mol. The molecule has 0 bridgehead atoms. The van der Waals surface area contributed by atoms with Gasteiger partial charge in [0, 0.05) is 17.7 Å². The molecule has 3 aromatic heterocycles. The van der Waals surface area contributed by atoms with E-state index in [0.717, 1.165) is 61.1 Å².